The van der Waals surface area contributed by atoms with E-state index >= 15 is 0 Å². The van der Waals surface area contributed by atoms with Gasteiger partial charge in [0.15, 0.2) is 11.5 Å². The zero-order valence-electron chi connectivity index (χ0n) is 12.1. The van der Waals surface area contributed by atoms with Gasteiger partial charge in [0.2, 0.25) is 6.43 Å². The van der Waals surface area contributed by atoms with E-state index in [1.807, 2.05) is 4.90 Å². The van der Waals surface area contributed by atoms with Gasteiger partial charge in [-0.2, -0.15) is 0 Å². The maximum absolute atomic E-state index is 13.1. The van der Waals surface area contributed by atoms with Crippen LogP contribution in [0.25, 0.3) is 0 Å². The van der Waals surface area contributed by atoms with Crippen LogP contribution in [-0.4, -0.2) is 43.8 Å². The van der Waals surface area contributed by atoms with Gasteiger partial charge in [0, 0.05) is 38.6 Å². The second kappa shape index (κ2) is 7.11. The zero-order chi connectivity index (χ0) is 15.7. The summed E-state index contributed by atoms with van der Waals surface area (Å²) in [6.45, 7) is 2.68. The molecular weight excluding hydrogens is 340 g/mol. The quantitative estimate of drug-likeness (QED) is 0.841. The molecule has 4 nitrogen and oxygen atoms in total. The summed E-state index contributed by atoms with van der Waals surface area (Å²) in [7, 11) is 0. The molecule has 0 saturated carbocycles. The van der Waals surface area contributed by atoms with Gasteiger partial charge in [-0.05, 0) is 17.7 Å². The lowest BCUT2D eigenvalue weighted by molar-refractivity contribution is -0.286. The summed E-state index contributed by atoms with van der Waals surface area (Å²) >= 11 is 0. The molecular formula is C14H17ClF4N2O2. The van der Waals surface area contributed by atoms with Crippen molar-refractivity contribution in [2.75, 3.05) is 26.2 Å². The van der Waals surface area contributed by atoms with Gasteiger partial charge < -0.3 is 14.8 Å². The van der Waals surface area contributed by atoms with Crippen molar-refractivity contribution in [3.8, 4) is 11.5 Å². The van der Waals surface area contributed by atoms with E-state index in [9.17, 15) is 17.6 Å². The van der Waals surface area contributed by atoms with Crippen LogP contribution in [0, 0.1) is 0 Å². The van der Waals surface area contributed by atoms with Crippen molar-refractivity contribution >= 4 is 12.4 Å². The Labute approximate surface area is 137 Å². The molecule has 0 bridgehead atoms. The zero-order valence-corrected chi connectivity index (χ0v) is 12.9. The molecule has 2 heterocycles. The summed E-state index contributed by atoms with van der Waals surface area (Å²) < 4.78 is 60.6. The highest BCUT2D eigenvalue weighted by Gasteiger charge is 2.43. The summed E-state index contributed by atoms with van der Waals surface area (Å²) in [6.07, 6.45) is -6.53. The topological polar surface area (TPSA) is 33.7 Å². The molecule has 0 spiro atoms. The lowest BCUT2D eigenvalue weighted by atomic mass is 10.0. The number of benzene rings is 1. The minimum atomic E-state index is -3.70. The molecule has 3 rings (SSSR count). The SMILES string of the molecule is Cl.FC(F)C[C@H](c1ccc2c(c1)OC(F)(F)O2)N1CCNCC1. The largest absolute Gasteiger partial charge is 0.586 e. The summed E-state index contributed by atoms with van der Waals surface area (Å²) in [5.74, 6) is -0.193. The third kappa shape index (κ3) is 4.19. The minimum absolute atomic E-state index is 0. The van der Waals surface area contributed by atoms with Crippen molar-refractivity contribution < 1.29 is 27.0 Å². The molecule has 0 amide bonds. The van der Waals surface area contributed by atoms with Crippen molar-refractivity contribution in [1.29, 1.82) is 0 Å². The lowest BCUT2D eigenvalue weighted by Crippen LogP contribution is -2.45. The summed E-state index contributed by atoms with van der Waals surface area (Å²) in [4.78, 5) is 1.93. The summed E-state index contributed by atoms with van der Waals surface area (Å²) in [5, 5.41) is 3.15. The van der Waals surface area contributed by atoms with Crippen LogP contribution in [0.3, 0.4) is 0 Å². The van der Waals surface area contributed by atoms with Crippen LogP contribution in [0.4, 0.5) is 17.6 Å². The monoisotopic (exact) mass is 356 g/mol. The van der Waals surface area contributed by atoms with Crippen molar-refractivity contribution in [2.45, 2.75) is 25.2 Å². The molecule has 1 aromatic rings. The highest BCUT2D eigenvalue weighted by Crippen LogP contribution is 2.43. The van der Waals surface area contributed by atoms with Gasteiger partial charge in [0.1, 0.15) is 0 Å². The van der Waals surface area contributed by atoms with E-state index in [0.717, 1.165) is 0 Å². The van der Waals surface area contributed by atoms with Crippen LogP contribution in [0.2, 0.25) is 0 Å². The first kappa shape index (κ1) is 18.1. The molecule has 0 aromatic heterocycles. The number of nitrogens with zero attached hydrogens (tertiary/aromatic N) is 1. The van der Waals surface area contributed by atoms with Crippen LogP contribution in [0.1, 0.15) is 18.0 Å². The van der Waals surface area contributed by atoms with E-state index in [2.05, 4.69) is 14.8 Å². The van der Waals surface area contributed by atoms with Crippen molar-refractivity contribution in [3.05, 3.63) is 23.8 Å². The number of rotatable bonds is 4. The van der Waals surface area contributed by atoms with Gasteiger partial charge >= 0.3 is 6.29 Å². The molecule has 0 radical (unpaired) electrons. The smallest absolute Gasteiger partial charge is 0.395 e. The van der Waals surface area contributed by atoms with Gasteiger partial charge in [0.25, 0.3) is 0 Å². The van der Waals surface area contributed by atoms with E-state index in [-0.39, 0.29) is 30.3 Å². The van der Waals surface area contributed by atoms with Gasteiger partial charge in [-0.1, -0.05) is 6.07 Å². The van der Waals surface area contributed by atoms with Crippen LogP contribution >= 0.6 is 12.4 Å². The fraction of sp³-hybridized carbons (Fsp3) is 0.571. The van der Waals surface area contributed by atoms with E-state index < -0.39 is 18.8 Å². The Morgan fingerprint density at radius 2 is 1.78 bits per heavy atom. The highest BCUT2D eigenvalue weighted by molar-refractivity contribution is 5.85. The van der Waals surface area contributed by atoms with Crippen molar-refractivity contribution in [3.63, 3.8) is 0 Å². The number of hydrogen-bond acceptors (Lipinski definition) is 4. The maximum atomic E-state index is 13.1. The van der Waals surface area contributed by atoms with Crippen molar-refractivity contribution in [1.82, 2.24) is 10.2 Å². The lowest BCUT2D eigenvalue weighted by Gasteiger charge is -2.35. The van der Waals surface area contributed by atoms with Gasteiger partial charge in [0.05, 0.1) is 0 Å². The number of alkyl halides is 4. The molecule has 1 N–H and O–H groups in total. The predicted molar refractivity (Wildman–Crippen MR) is 77.7 cm³/mol. The molecule has 9 heteroatoms. The number of fused-ring (bicyclic) bond motifs is 1. The Morgan fingerprint density at radius 1 is 1.13 bits per heavy atom. The van der Waals surface area contributed by atoms with Gasteiger partial charge in [-0.3, -0.25) is 4.90 Å². The Hall–Kier alpha value is -1.25. The first-order valence-corrected chi connectivity index (χ1v) is 7.07. The Bertz CT molecular complexity index is 542. The van der Waals surface area contributed by atoms with E-state index in [1.165, 1.54) is 12.1 Å². The molecule has 0 unspecified atom stereocenters. The first-order valence-electron chi connectivity index (χ1n) is 7.07. The molecule has 130 valence electrons. The molecule has 2 aliphatic heterocycles. The standard InChI is InChI=1S/C14H16F4N2O2.ClH/c15-13(16)8-10(20-5-3-19-4-6-20)9-1-2-11-12(7-9)22-14(17,18)21-11;/h1-2,7,10,13,19H,3-6,8H2;1H/t10-;/m1./s1. The summed E-state index contributed by atoms with van der Waals surface area (Å²) in [5.41, 5.74) is 0.530. The van der Waals surface area contributed by atoms with E-state index in [0.29, 0.717) is 31.7 Å². The Balaban J connectivity index is 0.00000192. The van der Waals surface area contributed by atoms with E-state index in [4.69, 9.17) is 0 Å². The molecule has 1 fully saturated rings. The Kier molecular flexibility index (Phi) is 5.59. The number of ether oxygens (including phenoxy) is 2. The molecule has 1 aromatic carbocycles. The maximum Gasteiger partial charge on any atom is 0.586 e. The third-order valence-corrected chi connectivity index (χ3v) is 3.80. The third-order valence-electron chi connectivity index (χ3n) is 3.80. The second-order valence-electron chi connectivity index (χ2n) is 5.30. The highest BCUT2D eigenvalue weighted by atomic mass is 35.5. The minimum Gasteiger partial charge on any atom is -0.395 e. The molecule has 0 aliphatic carbocycles. The Morgan fingerprint density at radius 3 is 2.43 bits per heavy atom. The fourth-order valence-electron chi connectivity index (χ4n) is 2.83. The first-order chi connectivity index (χ1) is 10.4. The van der Waals surface area contributed by atoms with Crippen LogP contribution in [0.15, 0.2) is 18.2 Å². The average molecular weight is 357 g/mol. The normalized spacial score (nSPS) is 21.1. The second-order valence-corrected chi connectivity index (χ2v) is 5.30. The molecule has 1 saturated heterocycles. The van der Waals surface area contributed by atoms with Crippen LogP contribution in [-0.2, 0) is 0 Å². The van der Waals surface area contributed by atoms with E-state index in [1.54, 1.807) is 6.07 Å². The number of nitrogens with one attached hydrogen (secondary N) is 1. The van der Waals surface area contributed by atoms with Crippen molar-refractivity contribution in [2.24, 2.45) is 0 Å². The van der Waals surface area contributed by atoms with Crippen LogP contribution < -0.4 is 14.8 Å². The number of halogens is 5. The average Bonchev–Trinajstić information content (AvgIpc) is 2.78. The fourth-order valence-corrected chi connectivity index (χ4v) is 2.83. The van der Waals surface area contributed by atoms with Crippen LogP contribution in [0.5, 0.6) is 11.5 Å². The number of hydrogen-bond donors (Lipinski definition) is 1. The molecule has 2 aliphatic rings. The number of piperazine rings is 1. The van der Waals surface area contributed by atoms with Gasteiger partial charge in [-0.25, -0.2) is 8.78 Å². The molecule has 23 heavy (non-hydrogen) atoms. The molecule has 1 atom stereocenters. The predicted octanol–water partition coefficient (Wildman–Crippen LogP) is 3.03. The summed E-state index contributed by atoms with van der Waals surface area (Å²) in [6, 6.07) is 3.71. The van der Waals surface area contributed by atoms with Gasteiger partial charge in [-0.15, -0.1) is 21.2 Å².